The van der Waals surface area contributed by atoms with Gasteiger partial charge < -0.3 is 15.0 Å². The van der Waals surface area contributed by atoms with Gasteiger partial charge >= 0.3 is 5.97 Å². The molecule has 1 saturated carbocycles. The minimum Gasteiger partial charge on any atom is -0.465 e. The molecule has 0 unspecified atom stereocenters. The van der Waals surface area contributed by atoms with Crippen LogP contribution < -0.4 is 5.32 Å². The second-order valence-corrected chi connectivity index (χ2v) is 7.12. The zero-order valence-electron chi connectivity index (χ0n) is 16.1. The molecule has 1 aromatic carbocycles. The van der Waals surface area contributed by atoms with Crippen molar-refractivity contribution in [3.05, 3.63) is 54.5 Å². The van der Waals surface area contributed by atoms with Crippen LogP contribution in [0.3, 0.4) is 0 Å². The summed E-state index contributed by atoms with van der Waals surface area (Å²) in [4.78, 5) is 33.7. The standard InChI is InChI=1S/C21H18N6O3/c1-30-21(29)16-11-22-19(26-20(28)12-5-6-12)18-15(16)10-17(25-18)13-3-2-4-14(9-13)27-23-7-8-24-27/h2-4,7-12,25H,5-6H2,1H3,(H,22,26,28). The van der Waals surface area contributed by atoms with Crippen LogP contribution in [-0.2, 0) is 9.53 Å². The van der Waals surface area contributed by atoms with E-state index in [4.69, 9.17) is 4.74 Å². The molecule has 9 heteroatoms. The third-order valence-corrected chi connectivity index (χ3v) is 5.07. The number of nitrogens with zero attached hydrogens (tertiary/aromatic N) is 4. The summed E-state index contributed by atoms with van der Waals surface area (Å²) in [6.07, 6.45) is 6.43. The molecular weight excluding hydrogens is 384 g/mol. The maximum Gasteiger partial charge on any atom is 0.340 e. The van der Waals surface area contributed by atoms with Gasteiger partial charge in [0.2, 0.25) is 5.91 Å². The highest BCUT2D eigenvalue weighted by atomic mass is 16.5. The summed E-state index contributed by atoms with van der Waals surface area (Å²) in [7, 11) is 1.32. The van der Waals surface area contributed by atoms with Gasteiger partial charge in [0.1, 0.15) is 0 Å². The van der Waals surface area contributed by atoms with E-state index in [1.807, 2.05) is 30.3 Å². The van der Waals surface area contributed by atoms with E-state index in [-0.39, 0.29) is 11.8 Å². The van der Waals surface area contributed by atoms with Gasteiger partial charge in [-0.25, -0.2) is 9.78 Å². The molecule has 3 aromatic heterocycles. The van der Waals surface area contributed by atoms with Crippen molar-refractivity contribution in [2.24, 2.45) is 5.92 Å². The van der Waals surface area contributed by atoms with Crippen LogP contribution in [0.4, 0.5) is 5.82 Å². The molecule has 1 fully saturated rings. The molecule has 0 spiro atoms. The van der Waals surface area contributed by atoms with Crippen LogP contribution in [0.25, 0.3) is 27.8 Å². The molecule has 150 valence electrons. The van der Waals surface area contributed by atoms with Gasteiger partial charge in [0.25, 0.3) is 0 Å². The molecule has 0 bridgehead atoms. The van der Waals surface area contributed by atoms with E-state index in [0.29, 0.717) is 22.3 Å². The predicted molar refractivity (Wildman–Crippen MR) is 109 cm³/mol. The Kier molecular flexibility index (Phi) is 4.27. The van der Waals surface area contributed by atoms with Crippen molar-refractivity contribution >= 4 is 28.6 Å². The number of methoxy groups -OCH3 is 1. The van der Waals surface area contributed by atoms with Crippen molar-refractivity contribution in [1.29, 1.82) is 0 Å². The summed E-state index contributed by atoms with van der Waals surface area (Å²) in [5, 5.41) is 11.8. The number of hydrogen-bond acceptors (Lipinski definition) is 6. The van der Waals surface area contributed by atoms with Crippen LogP contribution in [0.1, 0.15) is 23.2 Å². The zero-order chi connectivity index (χ0) is 20.7. The smallest absolute Gasteiger partial charge is 0.340 e. The van der Waals surface area contributed by atoms with Crippen LogP contribution in [0.5, 0.6) is 0 Å². The van der Waals surface area contributed by atoms with Crippen molar-refractivity contribution < 1.29 is 14.3 Å². The number of nitrogens with one attached hydrogen (secondary N) is 2. The monoisotopic (exact) mass is 402 g/mol. The molecule has 1 aliphatic carbocycles. The van der Waals surface area contributed by atoms with Crippen LogP contribution in [0.15, 0.2) is 48.9 Å². The fourth-order valence-electron chi connectivity index (χ4n) is 3.35. The summed E-state index contributed by atoms with van der Waals surface area (Å²) < 4.78 is 4.90. The Balaban J connectivity index is 1.62. The van der Waals surface area contributed by atoms with E-state index in [1.165, 1.54) is 18.1 Å². The molecule has 1 aliphatic rings. The number of amides is 1. The van der Waals surface area contributed by atoms with Crippen molar-refractivity contribution in [2.45, 2.75) is 12.8 Å². The van der Waals surface area contributed by atoms with Crippen LogP contribution in [0, 0.1) is 5.92 Å². The fraction of sp³-hybridized carbons (Fsp3) is 0.190. The Morgan fingerprint density at radius 1 is 1.20 bits per heavy atom. The number of pyridine rings is 1. The Bertz CT molecular complexity index is 1260. The van der Waals surface area contributed by atoms with Crippen LogP contribution in [-0.4, -0.2) is 43.9 Å². The van der Waals surface area contributed by atoms with Crippen LogP contribution >= 0.6 is 0 Å². The van der Waals surface area contributed by atoms with Gasteiger partial charge in [-0.15, -0.1) is 0 Å². The van der Waals surface area contributed by atoms with Crippen LogP contribution in [0.2, 0.25) is 0 Å². The lowest BCUT2D eigenvalue weighted by molar-refractivity contribution is -0.117. The molecule has 3 heterocycles. The number of ether oxygens (including phenoxy) is 1. The van der Waals surface area contributed by atoms with E-state index in [1.54, 1.807) is 12.4 Å². The summed E-state index contributed by atoms with van der Waals surface area (Å²) in [5.41, 5.74) is 3.33. The quantitative estimate of drug-likeness (QED) is 0.496. The maximum absolute atomic E-state index is 12.3. The van der Waals surface area contributed by atoms with E-state index >= 15 is 0 Å². The largest absolute Gasteiger partial charge is 0.465 e. The number of anilines is 1. The summed E-state index contributed by atoms with van der Waals surface area (Å²) in [6, 6.07) is 9.51. The Morgan fingerprint density at radius 3 is 2.73 bits per heavy atom. The average molecular weight is 402 g/mol. The Labute approximate surface area is 171 Å². The number of carbonyl (C=O) groups is 2. The second kappa shape index (κ2) is 7.11. The summed E-state index contributed by atoms with van der Waals surface area (Å²) in [5.74, 6) is -0.120. The average Bonchev–Trinajstić information content (AvgIpc) is 3.29. The zero-order valence-corrected chi connectivity index (χ0v) is 16.1. The van der Waals surface area contributed by atoms with Gasteiger partial charge in [-0.05, 0) is 31.0 Å². The summed E-state index contributed by atoms with van der Waals surface area (Å²) >= 11 is 0. The maximum atomic E-state index is 12.3. The minimum absolute atomic E-state index is 0.0369. The fourth-order valence-corrected chi connectivity index (χ4v) is 3.35. The predicted octanol–water partition coefficient (Wildman–Crippen LogP) is 2.95. The molecular formula is C21H18N6O3. The molecule has 0 saturated heterocycles. The molecule has 5 rings (SSSR count). The van der Waals surface area contributed by atoms with E-state index in [2.05, 4.69) is 25.5 Å². The summed E-state index contributed by atoms with van der Waals surface area (Å²) in [6.45, 7) is 0. The van der Waals surface area contributed by atoms with Crippen molar-refractivity contribution in [3.63, 3.8) is 0 Å². The first-order valence-electron chi connectivity index (χ1n) is 9.52. The van der Waals surface area contributed by atoms with Crippen molar-refractivity contribution in [2.75, 3.05) is 12.4 Å². The molecule has 2 N–H and O–H groups in total. The van der Waals surface area contributed by atoms with Crippen molar-refractivity contribution in [3.8, 4) is 16.9 Å². The lowest BCUT2D eigenvalue weighted by Crippen LogP contribution is -2.15. The number of carbonyl (C=O) groups excluding carboxylic acids is 2. The number of rotatable bonds is 5. The first-order chi connectivity index (χ1) is 14.6. The molecule has 9 nitrogen and oxygen atoms in total. The van der Waals surface area contributed by atoms with E-state index < -0.39 is 5.97 Å². The molecule has 4 aromatic rings. The van der Waals surface area contributed by atoms with Gasteiger partial charge in [-0.3, -0.25) is 4.79 Å². The molecule has 0 aliphatic heterocycles. The lowest BCUT2D eigenvalue weighted by atomic mass is 10.1. The van der Waals surface area contributed by atoms with Gasteiger partial charge in [0.05, 0.1) is 36.3 Å². The number of hydrogen-bond donors (Lipinski definition) is 2. The first kappa shape index (κ1) is 18.0. The van der Waals surface area contributed by atoms with Gasteiger partial charge in [-0.2, -0.15) is 15.0 Å². The van der Waals surface area contributed by atoms with Gasteiger partial charge in [0, 0.05) is 28.8 Å². The van der Waals surface area contributed by atoms with E-state index in [9.17, 15) is 9.59 Å². The number of aromatic nitrogens is 5. The molecule has 1 amide bonds. The highest BCUT2D eigenvalue weighted by Gasteiger charge is 2.30. The van der Waals surface area contributed by atoms with Gasteiger partial charge in [0.15, 0.2) is 5.82 Å². The highest BCUT2D eigenvalue weighted by Crippen LogP contribution is 2.33. The Hall–Kier alpha value is -4.01. The van der Waals surface area contributed by atoms with Crippen molar-refractivity contribution in [1.82, 2.24) is 25.0 Å². The molecule has 30 heavy (non-hydrogen) atoms. The first-order valence-corrected chi connectivity index (χ1v) is 9.52. The molecule has 0 radical (unpaired) electrons. The normalized spacial score (nSPS) is 13.4. The SMILES string of the molecule is COC(=O)c1cnc(NC(=O)C2CC2)c2[nH]c(-c3cccc(-n4nccn4)c3)cc12. The highest BCUT2D eigenvalue weighted by molar-refractivity contribution is 6.10. The second-order valence-electron chi connectivity index (χ2n) is 7.12. The molecule has 0 atom stereocenters. The third-order valence-electron chi connectivity index (χ3n) is 5.07. The van der Waals surface area contributed by atoms with Gasteiger partial charge in [-0.1, -0.05) is 12.1 Å². The minimum atomic E-state index is -0.493. The van der Waals surface area contributed by atoms with E-state index in [0.717, 1.165) is 29.8 Å². The number of esters is 1. The number of aromatic amines is 1. The number of H-pyrrole nitrogens is 1. The Morgan fingerprint density at radius 2 is 2.00 bits per heavy atom. The number of benzene rings is 1. The topological polar surface area (TPSA) is 115 Å². The lowest BCUT2D eigenvalue weighted by Gasteiger charge is -2.07. The number of fused-ring (bicyclic) bond motifs is 1. The third kappa shape index (κ3) is 3.20.